The highest BCUT2D eigenvalue weighted by Gasteiger charge is 2.10. The van der Waals surface area contributed by atoms with Gasteiger partial charge in [-0.3, -0.25) is 9.44 Å². The fourth-order valence-corrected chi connectivity index (χ4v) is 4.60. The van der Waals surface area contributed by atoms with E-state index in [1.54, 1.807) is 36.4 Å². The summed E-state index contributed by atoms with van der Waals surface area (Å²) in [4.78, 5) is 4.73. The molecule has 0 aromatic heterocycles. The van der Waals surface area contributed by atoms with Crippen molar-refractivity contribution in [3.05, 3.63) is 64.5 Å². The summed E-state index contributed by atoms with van der Waals surface area (Å²) in [6.07, 6.45) is 2.15. The van der Waals surface area contributed by atoms with Gasteiger partial charge in [0.05, 0.1) is 12.0 Å². The molecule has 11 nitrogen and oxygen atoms in total. The Hall–Kier alpha value is -2.99. The molecule has 13 heteroatoms. The van der Waals surface area contributed by atoms with E-state index in [4.69, 9.17) is 10.3 Å². The molecule has 0 saturated heterocycles. The van der Waals surface area contributed by atoms with Crippen molar-refractivity contribution in [2.75, 3.05) is 54.7 Å². The summed E-state index contributed by atoms with van der Waals surface area (Å²) in [7, 11) is -4.80. The van der Waals surface area contributed by atoms with Crippen LogP contribution in [0.1, 0.15) is 12.0 Å². The number of rotatable bonds is 15. The molecule has 186 valence electrons. The maximum absolute atomic E-state index is 12.0. The number of hydrogen-bond donors (Lipinski definition) is 2. The number of nitrogens with zero attached hydrogens (tertiary/aromatic N) is 4. The third kappa shape index (κ3) is 11.2. The number of nitrogens with one attached hydrogen (secondary N) is 2. The molecule has 0 fully saturated rings. The zero-order valence-electron chi connectivity index (χ0n) is 19.2. The quantitative estimate of drug-likeness (QED) is 0.162. The molecular weight excluding hydrogens is 480 g/mol. The van der Waals surface area contributed by atoms with Gasteiger partial charge in [-0.25, -0.2) is 16.8 Å². The molecule has 0 aliphatic rings. The van der Waals surface area contributed by atoms with E-state index >= 15 is 0 Å². The molecular formula is C21H30N6O5S2. The highest BCUT2D eigenvalue weighted by Crippen LogP contribution is 2.16. The number of benzene rings is 2. The highest BCUT2D eigenvalue weighted by molar-refractivity contribution is 7.92. The fourth-order valence-electron chi connectivity index (χ4n) is 2.92. The minimum Gasteiger partial charge on any atom is -0.492 e. The SMILES string of the molecule is CN(CCOc1ccc(NS(C)(=O)=O)cc1)CCc1ccc(NS(=O)(=O)CCCN=[N+]=[N-])cc1. The summed E-state index contributed by atoms with van der Waals surface area (Å²) in [6, 6.07) is 13.9. The Balaban J connectivity index is 1.70. The molecule has 2 N–H and O–H groups in total. The van der Waals surface area contributed by atoms with E-state index in [0.717, 1.165) is 24.8 Å². The number of sulfonamides is 2. The van der Waals surface area contributed by atoms with E-state index in [9.17, 15) is 16.8 Å². The average molecular weight is 511 g/mol. The summed E-state index contributed by atoms with van der Waals surface area (Å²) in [5.41, 5.74) is 10.3. The highest BCUT2D eigenvalue weighted by atomic mass is 32.2. The zero-order chi connectivity index (χ0) is 25.0. The Morgan fingerprint density at radius 3 is 2.21 bits per heavy atom. The van der Waals surface area contributed by atoms with Gasteiger partial charge < -0.3 is 9.64 Å². The number of hydrogen-bond acceptors (Lipinski definition) is 7. The molecule has 0 atom stereocenters. The summed E-state index contributed by atoms with van der Waals surface area (Å²) in [5.74, 6) is 0.547. The predicted octanol–water partition coefficient (Wildman–Crippen LogP) is 3.05. The lowest BCUT2D eigenvalue weighted by Crippen LogP contribution is -2.26. The first-order valence-electron chi connectivity index (χ1n) is 10.6. The Morgan fingerprint density at radius 2 is 1.59 bits per heavy atom. The lowest BCUT2D eigenvalue weighted by Gasteiger charge is -2.17. The molecule has 0 unspecified atom stereocenters. The van der Waals surface area contributed by atoms with Crippen LogP contribution < -0.4 is 14.2 Å². The van der Waals surface area contributed by atoms with Crippen LogP contribution in [0.4, 0.5) is 11.4 Å². The van der Waals surface area contributed by atoms with Crippen LogP contribution in [0.2, 0.25) is 0 Å². The standard InChI is InChI=1S/C21H30N6O5S2/c1-27(15-16-32-21-10-8-19(9-11-21)24-33(2,28)29)14-12-18-4-6-20(7-5-18)25-34(30,31)17-3-13-23-26-22/h4-11,24-25H,3,12-17H2,1-2H3. The second-order valence-corrected chi connectivity index (χ2v) is 11.3. The topological polar surface area (TPSA) is 154 Å². The molecule has 0 heterocycles. The maximum Gasteiger partial charge on any atom is 0.232 e. The summed E-state index contributed by atoms with van der Waals surface area (Å²) in [6.45, 7) is 2.13. The van der Waals surface area contributed by atoms with Crippen LogP contribution in [0.5, 0.6) is 5.75 Å². The fraction of sp³-hybridized carbons (Fsp3) is 0.429. The van der Waals surface area contributed by atoms with Crippen molar-refractivity contribution in [3.8, 4) is 5.75 Å². The summed E-state index contributed by atoms with van der Waals surface area (Å²) < 4.78 is 57.2. The van der Waals surface area contributed by atoms with Gasteiger partial charge in [0.1, 0.15) is 12.4 Å². The molecule has 0 aliphatic carbocycles. The molecule has 34 heavy (non-hydrogen) atoms. The minimum absolute atomic E-state index is 0.109. The maximum atomic E-state index is 12.0. The van der Waals surface area contributed by atoms with Gasteiger partial charge in [0.25, 0.3) is 0 Å². The number of anilines is 2. The molecule has 0 radical (unpaired) electrons. The second-order valence-electron chi connectivity index (χ2n) is 7.73. The van der Waals surface area contributed by atoms with E-state index in [0.29, 0.717) is 30.3 Å². The van der Waals surface area contributed by atoms with E-state index in [-0.39, 0.29) is 18.7 Å². The van der Waals surface area contributed by atoms with Crippen LogP contribution in [0.3, 0.4) is 0 Å². The molecule has 0 aliphatic heterocycles. The lowest BCUT2D eigenvalue weighted by molar-refractivity contribution is 0.239. The van der Waals surface area contributed by atoms with Crippen LogP contribution in [-0.2, 0) is 26.5 Å². The summed E-state index contributed by atoms with van der Waals surface area (Å²) >= 11 is 0. The second kappa shape index (κ2) is 13.0. The third-order valence-electron chi connectivity index (χ3n) is 4.64. The predicted molar refractivity (Wildman–Crippen MR) is 134 cm³/mol. The normalized spacial score (nSPS) is 11.6. The van der Waals surface area contributed by atoms with Gasteiger partial charge in [0, 0.05) is 35.9 Å². The minimum atomic E-state index is -3.48. The first-order valence-corrected chi connectivity index (χ1v) is 14.1. The Labute approximate surface area is 200 Å². The van der Waals surface area contributed by atoms with Crippen LogP contribution in [0, 0.1) is 0 Å². The molecule has 0 saturated carbocycles. The lowest BCUT2D eigenvalue weighted by atomic mass is 10.1. The Bertz CT molecular complexity index is 1160. The van der Waals surface area contributed by atoms with Crippen LogP contribution in [0.25, 0.3) is 10.4 Å². The first-order chi connectivity index (χ1) is 16.1. The number of likely N-dealkylation sites (N-methyl/N-ethyl adjacent to an activating group) is 1. The van der Waals surface area contributed by atoms with Gasteiger partial charge in [-0.05, 0) is 67.4 Å². The molecule has 0 bridgehead atoms. The molecule has 0 spiro atoms. The van der Waals surface area contributed by atoms with E-state index in [2.05, 4.69) is 24.4 Å². The Kier molecular flexibility index (Phi) is 10.5. The first kappa shape index (κ1) is 27.3. The average Bonchev–Trinajstić information content (AvgIpc) is 2.76. The monoisotopic (exact) mass is 510 g/mol. The van der Waals surface area contributed by atoms with Gasteiger partial charge in [0.15, 0.2) is 0 Å². The third-order valence-corrected chi connectivity index (χ3v) is 6.62. The van der Waals surface area contributed by atoms with Crippen molar-refractivity contribution < 1.29 is 21.6 Å². The van der Waals surface area contributed by atoms with Gasteiger partial charge in [-0.15, -0.1) is 0 Å². The molecule has 2 aromatic carbocycles. The van der Waals surface area contributed by atoms with Crippen molar-refractivity contribution in [1.82, 2.24) is 4.90 Å². The largest absolute Gasteiger partial charge is 0.492 e. The van der Waals surface area contributed by atoms with E-state index < -0.39 is 20.0 Å². The van der Waals surface area contributed by atoms with Crippen LogP contribution in [-0.4, -0.2) is 67.0 Å². The van der Waals surface area contributed by atoms with Crippen LogP contribution in [0.15, 0.2) is 53.6 Å². The van der Waals surface area contributed by atoms with E-state index in [1.165, 1.54) is 0 Å². The van der Waals surface area contributed by atoms with Crippen molar-refractivity contribution in [2.24, 2.45) is 5.11 Å². The summed E-state index contributed by atoms with van der Waals surface area (Å²) in [5, 5.41) is 3.33. The van der Waals surface area contributed by atoms with Gasteiger partial charge in [-0.2, -0.15) is 0 Å². The van der Waals surface area contributed by atoms with Gasteiger partial charge in [0.2, 0.25) is 20.0 Å². The van der Waals surface area contributed by atoms with E-state index in [1.807, 2.05) is 19.2 Å². The molecule has 0 amide bonds. The zero-order valence-corrected chi connectivity index (χ0v) is 20.8. The number of ether oxygens (including phenoxy) is 1. The number of azide groups is 1. The van der Waals surface area contributed by atoms with Crippen molar-refractivity contribution in [2.45, 2.75) is 12.8 Å². The van der Waals surface area contributed by atoms with Gasteiger partial charge in [-0.1, -0.05) is 17.2 Å². The van der Waals surface area contributed by atoms with Gasteiger partial charge >= 0.3 is 0 Å². The Morgan fingerprint density at radius 1 is 0.971 bits per heavy atom. The van der Waals surface area contributed by atoms with Crippen molar-refractivity contribution >= 4 is 31.4 Å². The molecule has 2 aromatic rings. The smallest absolute Gasteiger partial charge is 0.232 e. The molecule has 2 rings (SSSR count). The van der Waals surface area contributed by atoms with Crippen molar-refractivity contribution in [1.29, 1.82) is 0 Å². The van der Waals surface area contributed by atoms with Crippen LogP contribution >= 0.6 is 0 Å². The van der Waals surface area contributed by atoms with Crippen molar-refractivity contribution in [3.63, 3.8) is 0 Å².